The van der Waals surface area contributed by atoms with Gasteiger partial charge in [-0.2, -0.15) is 0 Å². The van der Waals surface area contributed by atoms with Crippen molar-refractivity contribution in [1.82, 2.24) is 20.1 Å². The summed E-state index contributed by atoms with van der Waals surface area (Å²) >= 11 is 0. The van der Waals surface area contributed by atoms with Crippen LogP contribution in [0.15, 0.2) is 36.7 Å². The van der Waals surface area contributed by atoms with Crippen molar-refractivity contribution in [3.05, 3.63) is 47.9 Å². The molecule has 0 saturated carbocycles. The molecule has 2 heterocycles. The van der Waals surface area contributed by atoms with Gasteiger partial charge >= 0.3 is 0 Å². The maximum absolute atomic E-state index is 12.1. The summed E-state index contributed by atoms with van der Waals surface area (Å²) in [6.07, 6.45) is 3.49. The number of hydrogen-bond donors (Lipinski definition) is 1. The summed E-state index contributed by atoms with van der Waals surface area (Å²) in [6.45, 7) is 5.86. The Bertz CT molecular complexity index is 566. The van der Waals surface area contributed by atoms with E-state index in [0.717, 1.165) is 5.56 Å². The minimum absolute atomic E-state index is 0.0896. The monoisotopic (exact) mass is 285 g/mol. The van der Waals surface area contributed by atoms with Crippen LogP contribution in [0.2, 0.25) is 0 Å². The molecule has 2 aromatic rings. The van der Waals surface area contributed by atoms with E-state index in [0.29, 0.717) is 31.1 Å². The first kappa shape index (κ1) is 14.9. The summed E-state index contributed by atoms with van der Waals surface area (Å²) in [7, 11) is 0. The number of nitrogens with one attached hydrogen (secondary N) is 1. The molecule has 0 spiro atoms. The minimum Gasteiger partial charge on any atom is -0.365 e. The molecule has 0 unspecified atom stereocenters. The lowest BCUT2D eigenvalue weighted by Gasteiger charge is -2.17. The van der Waals surface area contributed by atoms with Gasteiger partial charge in [0.05, 0.1) is 0 Å². The molecule has 2 aromatic heterocycles. The molecular weight excluding hydrogens is 266 g/mol. The van der Waals surface area contributed by atoms with Crippen LogP contribution in [0.5, 0.6) is 0 Å². The first-order valence-corrected chi connectivity index (χ1v) is 7.00. The Morgan fingerprint density at radius 3 is 2.38 bits per heavy atom. The summed E-state index contributed by atoms with van der Waals surface area (Å²) in [5.41, 5.74) is 1.48. The van der Waals surface area contributed by atoms with Crippen LogP contribution in [-0.4, -0.2) is 39.1 Å². The largest absolute Gasteiger partial charge is 0.365 e. The Labute approximate surface area is 124 Å². The van der Waals surface area contributed by atoms with Crippen molar-refractivity contribution in [2.75, 3.05) is 18.4 Å². The van der Waals surface area contributed by atoms with Crippen molar-refractivity contribution in [2.45, 2.75) is 20.4 Å². The maximum atomic E-state index is 12.1. The molecule has 0 radical (unpaired) electrons. The van der Waals surface area contributed by atoms with E-state index in [1.165, 1.54) is 0 Å². The summed E-state index contributed by atoms with van der Waals surface area (Å²) < 4.78 is 0. The number of hydrogen-bond acceptors (Lipinski definition) is 5. The van der Waals surface area contributed by atoms with Gasteiger partial charge < -0.3 is 10.2 Å². The lowest BCUT2D eigenvalue weighted by Crippen LogP contribution is -2.31. The van der Waals surface area contributed by atoms with Crippen LogP contribution in [0, 0.1) is 0 Å². The molecule has 0 bridgehead atoms. The Morgan fingerprint density at radius 1 is 1.10 bits per heavy atom. The van der Waals surface area contributed by atoms with Crippen molar-refractivity contribution in [3.8, 4) is 0 Å². The Morgan fingerprint density at radius 2 is 1.81 bits per heavy atom. The van der Waals surface area contributed by atoms with Gasteiger partial charge in [-0.25, -0.2) is 0 Å². The predicted molar refractivity (Wildman–Crippen MR) is 80.8 cm³/mol. The highest BCUT2D eigenvalue weighted by Crippen LogP contribution is 2.07. The molecule has 21 heavy (non-hydrogen) atoms. The van der Waals surface area contributed by atoms with E-state index in [4.69, 9.17) is 0 Å². The molecule has 0 aliphatic carbocycles. The fraction of sp³-hybridized carbons (Fsp3) is 0.333. The highest BCUT2D eigenvalue weighted by Gasteiger charge is 2.14. The Hall–Kier alpha value is -2.50. The first-order valence-electron chi connectivity index (χ1n) is 7.00. The van der Waals surface area contributed by atoms with E-state index in [1.54, 1.807) is 29.4 Å². The molecule has 1 amide bonds. The first-order chi connectivity index (χ1) is 10.2. The second-order valence-corrected chi connectivity index (χ2v) is 4.49. The standard InChI is InChI=1S/C15H19N5O/c1-3-20(4-2)15(21)13-5-6-14(19-18-13)17-11-12-7-9-16-10-8-12/h5-10H,3-4,11H2,1-2H3,(H,17,19). The number of amides is 1. The number of rotatable bonds is 6. The van der Waals surface area contributed by atoms with Crippen molar-refractivity contribution in [3.63, 3.8) is 0 Å². The molecule has 1 N–H and O–H groups in total. The average Bonchev–Trinajstić information content (AvgIpc) is 2.55. The third-order valence-electron chi connectivity index (χ3n) is 3.16. The van der Waals surface area contributed by atoms with Gasteiger partial charge in [0.2, 0.25) is 0 Å². The zero-order valence-corrected chi connectivity index (χ0v) is 12.3. The van der Waals surface area contributed by atoms with E-state index >= 15 is 0 Å². The number of pyridine rings is 1. The molecular formula is C15H19N5O. The molecule has 0 aromatic carbocycles. The molecule has 0 fully saturated rings. The fourth-order valence-electron chi connectivity index (χ4n) is 1.91. The molecule has 0 saturated heterocycles. The molecule has 6 nitrogen and oxygen atoms in total. The Balaban J connectivity index is 1.97. The predicted octanol–water partition coefficient (Wildman–Crippen LogP) is 1.97. The SMILES string of the molecule is CCN(CC)C(=O)c1ccc(NCc2ccncc2)nn1. The second-order valence-electron chi connectivity index (χ2n) is 4.49. The van der Waals surface area contributed by atoms with E-state index in [2.05, 4.69) is 20.5 Å². The lowest BCUT2D eigenvalue weighted by molar-refractivity contribution is 0.0766. The summed E-state index contributed by atoms with van der Waals surface area (Å²) in [5.74, 6) is 0.552. The van der Waals surface area contributed by atoms with E-state index < -0.39 is 0 Å². The van der Waals surface area contributed by atoms with Crippen LogP contribution in [0.4, 0.5) is 5.82 Å². The molecule has 2 rings (SSSR count). The van der Waals surface area contributed by atoms with Gasteiger partial charge in [-0.05, 0) is 43.7 Å². The van der Waals surface area contributed by atoms with Gasteiger partial charge in [0.1, 0.15) is 5.82 Å². The number of nitrogens with zero attached hydrogens (tertiary/aromatic N) is 4. The molecule has 0 aliphatic rings. The third kappa shape index (κ3) is 3.98. The third-order valence-corrected chi connectivity index (χ3v) is 3.16. The van der Waals surface area contributed by atoms with Crippen LogP contribution < -0.4 is 5.32 Å². The van der Waals surface area contributed by atoms with Crippen molar-refractivity contribution >= 4 is 11.7 Å². The van der Waals surface area contributed by atoms with Gasteiger partial charge in [-0.1, -0.05) is 0 Å². The van der Waals surface area contributed by atoms with Gasteiger partial charge in [-0.3, -0.25) is 9.78 Å². The summed E-state index contributed by atoms with van der Waals surface area (Å²) in [4.78, 5) is 17.8. The quantitative estimate of drug-likeness (QED) is 0.878. The fourth-order valence-corrected chi connectivity index (χ4v) is 1.91. The normalized spacial score (nSPS) is 10.2. The molecule has 6 heteroatoms. The van der Waals surface area contributed by atoms with Crippen molar-refractivity contribution in [2.24, 2.45) is 0 Å². The van der Waals surface area contributed by atoms with E-state index in [9.17, 15) is 4.79 Å². The van der Waals surface area contributed by atoms with Crippen LogP contribution >= 0.6 is 0 Å². The zero-order chi connectivity index (χ0) is 15.1. The highest BCUT2D eigenvalue weighted by molar-refractivity contribution is 5.92. The van der Waals surface area contributed by atoms with Gasteiger partial charge in [-0.15, -0.1) is 10.2 Å². The number of aromatic nitrogens is 3. The van der Waals surface area contributed by atoms with Crippen molar-refractivity contribution < 1.29 is 4.79 Å². The van der Waals surface area contributed by atoms with Gasteiger partial charge in [0.15, 0.2) is 5.69 Å². The van der Waals surface area contributed by atoms with E-state index in [-0.39, 0.29) is 5.91 Å². The van der Waals surface area contributed by atoms with E-state index in [1.807, 2.05) is 26.0 Å². The summed E-state index contributed by atoms with van der Waals surface area (Å²) in [5, 5.41) is 11.2. The highest BCUT2D eigenvalue weighted by atomic mass is 16.2. The van der Waals surface area contributed by atoms with Crippen LogP contribution in [0.1, 0.15) is 29.9 Å². The number of anilines is 1. The topological polar surface area (TPSA) is 71.0 Å². The molecule has 0 atom stereocenters. The summed E-state index contributed by atoms with van der Waals surface area (Å²) in [6, 6.07) is 7.32. The van der Waals surface area contributed by atoms with Crippen LogP contribution in [0.3, 0.4) is 0 Å². The maximum Gasteiger partial charge on any atom is 0.274 e. The second kappa shape index (κ2) is 7.33. The van der Waals surface area contributed by atoms with Crippen LogP contribution in [-0.2, 0) is 6.54 Å². The van der Waals surface area contributed by atoms with Gasteiger partial charge in [0, 0.05) is 32.0 Å². The number of carbonyl (C=O) groups is 1. The lowest BCUT2D eigenvalue weighted by atomic mass is 10.2. The average molecular weight is 285 g/mol. The minimum atomic E-state index is -0.0896. The van der Waals surface area contributed by atoms with Crippen LogP contribution in [0.25, 0.3) is 0 Å². The smallest absolute Gasteiger partial charge is 0.274 e. The zero-order valence-electron chi connectivity index (χ0n) is 12.3. The van der Waals surface area contributed by atoms with Crippen molar-refractivity contribution in [1.29, 1.82) is 0 Å². The molecule has 0 aliphatic heterocycles. The molecule has 110 valence electrons. The Kier molecular flexibility index (Phi) is 5.20. The van der Waals surface area contributed by atoms with Gasteiger partial charge in [0.25, 0.3) is 5.91 Å². The number of carbonyl (C=O) groups excluding carboxylic acids is 1.